The zero-order chi connectivity index (χ0) is 12.0. The lowest BCUT2D eigenvalue weighted by Crippen LogP contribution is -2.11. The van der Waals surface area contributed by atoms with Crippen LogP contribution in [-0.4, -0.2) is 5.71 Å². The van der Waals surface area contributed by atoms with Crippen molar-refractivity contribution in [3.63, 3.8) is 0 Å². The van der Waals surface area contributed by atoms with Crippen molar-refractivity contribution in [1.82, 2.24) is 0 Å². The lowest BCUT2D eigenvalue weighted by molar-refractivity contribution is 0.633. The Kier molecular flexibility index (Phi) is 5.24. The third-order valence-corrected chi connectivity index (χ3v) is 3.13. The molecule has 0 aliphatic carbocycles. The summed E-state index contributed by atoms with van der Waals surface area (Å²) in [5.74, 6) is 0.645. The molecule has 1 aromatic rings. The maximum absolute atomic E-state index is 4.78. The first kappa shape index (κ1) is 13.0. The van der Waals surface area contributed by atoms with Crippen LogP contribution in [0.4, 0.5) is 5.69 Å². The highest BCUT2D eigenvalue weighted by molar-refractivity contribution is 5.88. The second-order valence-corrected chi connectivity index (χ2v) is 4.31. The van der Waals surface area contributed by atoms with Gasteiger partial charge in [0.15, 0.2) is 0 Å². The second-order valence-electron chi connectivity index (χ2n) is 4.31. The number of benzene rings is 1. The van der Waals surface area contributed by atoms with E-state index in [2.05, 4.69) is 52.0 Å². The van der Waals surface area contributed by atoms with E-state index >= 15 is 0 Å². The van der Waals surface area contributed by atoms with Gasteiger partial charge in [0.1, 0.15) is 0 Å². The Hall–Kier alpha value is -1.11. The highest BCUT2D eigenvalue weighted by atomic mass is 14.7. The van der Waals surface area contributed by atoms with Gasteiger partial charge in [-0.3, -0.25) is 4.99 Å². The summed E-state index contributed by atoms with van der Waals surface area (Å²) in [7, 11) is 0. The number of hydrogen-bond donors (Lipinski definition) is 0. The van der Waals surface area contributed by atoms with Gasteiger partial charge in [0.25, 0.3) is 0 Å². The molecule has 0 amide bonds. The van der Waals surface area contributed by atoms with Crippen LogP contribution in [0.5, 0.6) is 0 Å². The minimum atomic E-state index is 0.645. The Morgan fingerprint density at radius 1 is 1.06 bits per heavy atom. The third-order valence-electron chi connectivity index (χ3n) is 3.13. The largest absolute Gasteiger partial charge is 0.258 e. The van der Waals surface area contributed by atoms with E-state index in [-0.39, 0.29) is 0 Å². The monoisotopic (exact) mass is 217 g/mol. The molecule has 0 unspecified atom stereocenters. The molecule has 16 heavy (non-hydrogen) atoms. The molecule has 0 atom stereocenters. The molecule has 0 saturated heterocycles. The smallest absolute Gasteiger partial charge is 0.0629 e. The van der Waals surface area contributed by atoms with Gasteiger partial charge < -0.3 is 0 Å². The zero-order valence-corrected chi connectivity index (χ0v) is 11.0. The van der Waals surface area contributed by atoms with E-state index in [9.17, 15) is 0 Å². The first-order chi connectivity index (χ1) is 7.71. The van der Waals surface area contributed by atoms with Gasteiger partial charge in [-0.2, -0.15) is 0 Å². The number of aliphatic imine (C=N–C) groups is 1. The summed E-state index contributed by atoms with van der Waals surface area (Å²) in [5, 5.41) is 0. The fourth-order valence-corrected chi connectivity index (χ4v) is 2.00. The van der Waals surface area contributed by atoms with Crippen LogP contribution in [-0.2, 0) is 0 Å². The zero-order valence-electron chi connectivity index (χ0n) is 11.0. The molecule has 88 valence electrons. The lowest BCUT2D eigenvalue weighted by Gasteiger charge is -2.14. The van der Waals surface area contributed by atoms with Gasteiger partial charge in [0.05, 0.1) is 5.69 Å². The average Bonchev–Trinajstić information content (AvgIpc) is 2.32. The van der Waals surface area contributed by atoms with Crippen molar-refractivity contribution < 1.29 is 0 Å². The Morgan fingerprint density at radius 3 is 2.06 bits per heavy atom. The molecule has 0 N–H and O–H groups in total. The van der Waals surface area contributed by atoms with Crippen molar-refractivity contribution in [1.29, 1.82) is 0 Å². The molecule has 0 saturated carbocycles. The molecule has 1 aromatic carbocycles. The number of aryl methyl sites for hydroxylation is 1. The van der Waals surface area contributed by atoms with Gasteiger partial charge in [0.2, 0.25) is 0 Å². The normalized spacial score (nSPS) is 12.2. The van der Waals surface area contributed by atoms with Crippen molar-refractivity contribution in [3.05, 3.63) is 29.8 Å². The van der Waals surface area contributed by atoms with E-state index in [1.807, 2.05) is 0 Å². The van der Waals surface area contributed by atoms with E-state index < -0.39 is 0 Å². The van der Waals surface area contributed by atoms with E-state index in [0.717, 1.165) is 12.1 Å². The molecule has 0 radical (unpaired) electrons. The molecular weight excluding hydrogens is 194 g/mol. The van der Waals surface area contributed by atoms with Crippen molar-refractivity contribution in [2.45, 2.75) is 47.0 Å². The Morgan fingerprint density at radius 2 is 1.62 bits per heavy atom. The number of hydrogen-bond acceptors (Lipinski definition) is 1. The standard InChI is InChI=1S/C15H23N/c1-5-13(6-2)15(7-3)16-14-10-8-12(4)9-11-14/h8-11,13H,5-7H2,1-4H3. The van der Waals surface area contributed by atoms with E-state index in [0.29, 0.717) is 5.92 Å². The topological polar surface area (TPSA) is 12.4 Å². The van der Waals surface area contributed by atoms with Gasteiger partial charge in [-0.1, -0.05) is 38.5 Å². The van der Waals surface area contributed by atoms with Gasteiger partial charge in [-0.05, 0) is 44.2 Å². The minimum absolute atomic E-state index is 0.645. The average molecular weight is 217 g/mol. The molecule has 0 aliphatic heterocycles. The van der Waals surface area contributed by atoms with Crippen LogP contribution in [0.3, 0.4) is 0 Å². The molecule has 0 aromatic heterocycles. The molecule has 0 aliphatic rings. The number of nitrogens with zero attached hydrogens (tertiary/aromatic N) is 1. The lowest BCUT2D eigenvalue weighted by atomic mass is 9.95. The highest BCUT2D eigenvalue weighted by Crippen LogP contribution is 2.19. The maximum atomic E-state index is 4.78. The highest BCUT2D eigenvalue weighted by Gasteiger charge is 2.09. The Labute approximate surface area is 99.6 Å². The summed E-state index contributed by atoms with van der Waals surface area (Å²) in [4.78, 5) is 4.78. The predicted octanol–water partition coefficient (Wildman–Crippen LogP) is 4.91. The summed E-state index contributed by atoms with van der Waals surface area (Å²) in [5.41, 5.74) is 3.72. The number of rotatable bonds is 5. The van der Waals surface area contributed by atoms with Crippen LogP contribution < -0.4 is 0 Å². The van der Waals surface area contributed by atoms with Crippen molar-refractivity contribution in [2.75, 3.05) is 0 Å². The first-order valence-corrected chi connectivity index (χ1v) is 6.35. The van der Waals surface area contributed by atoms with Crippen molar-refractivity contribution in [2.24, 2.45) is 10.9 Å². The fourth-order valence-electron chi connectivity index (χ4n) is 2.00. The van der Waals surface area contributed by atoms with Crippen molar-refractivity contribution >= 4 is 11.4 Å². The Balaban J connectivity index is 2.90. The van der Waals surface area contributed by atoms with E-state index in [1.165, 1.54) is 24.1 Å². The second kappa shape index (κ2) is 6.47. The van der Waals surface area contributed by atoms with Crippen molar-refractivity contribution in [3.8, 4) is 0 Å². The van der Waals surface area contributed by atoms with Gasteiger partial charge in [-0.15, -0.1) is 0 Å². The SMILES string of the molecule is CCC(=Nc1ccc(C)cc1)C(CC)CC. The van der Waals surface area contributed by atoms with Gasteiger partial charge in [-0.25, -0.2) is 0 Å². The molecule has 1 nitrogen and oxygen atoms in total. The van der Waals surface area contributed by atoms with Gasteiger partial charge >= 0.3 is 0 Å². The van der Waals surface area contributed by atoms with E-state index in [1.54, 1.807) is 0 Å². The molecular formula is C15H23N. The van der Waals surface area contributed by atoms with Crippen LogP contribution in [0.1, 0.15) is 45.6 Å². The minimum Gasteiger partial charge on any atom is -0.258 e. The molecule has 0 fully saturated rings. The summed E-state index contributed by atoms with van der Waals surface area (Å²) in [6, 6.07) is 8.46. The Bertz CT molecular complexity index is 331. The quantitative estimate of drug-likeness (QED) is 0.621. The van der Waals surface area contributed by atoms with Crippen LogP contribution in [0.15, 0.2) is 29.3 Å². The summed E-state index contributed by atoms with van der Waals surface area (Å²) >= 11 is 0. The van der Waals surface area contributed by atoms with Gasteiger partial charge in [0, 0.05) is 5.71 Å². The predicted molar refractivity (Wildman–Crippen MR) is 72.6 cm³/mol. The van der Waals surface area contributed by atoms with E-state index in [4.69, 9.17) is 4.99 Å². The fraction of sp³-hybridized carbons (Fsp3) is 0.533. The van der Waals surface area contributed by atoms with Crippen LogP contribution >= 0.6 is 0 Å². The summed E-state index contributed by atoms with van der Waals surface area (Å²) < 4.78 is 0. The molecule has 1 rings (SSSR count). The van der Waals surface area contributed by atoms with Crippen LogP contribution in [0, 0.1) is 12.8 Å². The maximum Gasteiger partial charge on any atom is 0.0629 e. The summed E-state index contributed by atoms with van der Waals surface area (Å²) in [6.45, 7) is 8.80. The van der Waals surface area contributed by atoms with Crippen LogP contribution in [0.2, 0.25) is 0 Å². The molecule has 1 heteroatoms. The molecule has 0 heterocycles. The molecule has 0 bridgehead atoms. The third kappa shape index (κ3) is 3.48. The summed E-state index contributed by atoms with van der Waals surface area (Å²) in [6.07, 6.45) is 3.43. The molecule has 0 spiro atoms. The van der Waals surface area contributed by atoms with Crippen LogP contribution in [0.25, 0.3) is 0 Å². The first-order valence-electron chi connectivity index (χ1n) is 6.35.